The van der Waals surface area contributed by atoms with Gasteiger partial charge in [-0.05, 0) is 49.7 Å². The van der Waals surface area contributed by atoms with Gasteiger partial charge in [-0.1, -0.05) is 58.9 Å². The van der Waals surface area contributed by atoms with Crippen LogP contribution >= 0.6 is 0 Å². The molecule has 0 amide bonds. The quantitative estimate of drug-likeness (QED) is 0.545. The Morgan fingerprint density at radius 3 is 2.69 bits per heavy atom. The van der Waals surface area contributed by atoms with E-state index in [1.54, 1.807) is 25.2 Å². The number of nitrogens with one attached hydrogen (secondary N) is 1. The van der Waals surface area contributed by atoms with Crippen molar-refractivity contribution in [2.24, 2.45) is 22.7 Å². The number of rotatable bonds is 6. The van der Waals surface area contributed by atoms with Gasteiger partial charge < -0.3 is 19.9 Å². The summed E-state index contributed by atoms with van der Waals surface area (Å²) >= 11 is 0. The number of Topliss-reactive ketones (excluding diaryl/α,β-unsaturated/α-hetero) is 1. The van der Waals surface area contributed by atoms with Crippen LogP contribution in [0.3, 0.4) is 0 Å². The largest absolute Gasteiger partial charge is 0.390 e. The third-order valence-electron chi connectivity index (χ3n) is 10.1. The minimum absolute atomic E-state index is 0.0457. The zero-order valence-corrected chi connectivity index (χ0v) is 22.2. The number of hydrogen-bond donors (Lipinski definition) is 2. The Morgan fingerprint density at radius 1 is 1.31 bits per heavy atom. The molecule has 0 aromatic carbocycles. The standard InChI is InChI=1S/C29H41F2NO4/c1-7-8-25-35-24-13-18-19-12-21(30)20-11-17(4)9-10-26(20,5)28(19,31)22(33)14-27(18,6)29(24,36-25)23(34)15-32-16(2)3/h9-11,16,18-19,21-22,24-25,32-33H,4,7-8,12-15H2,1-3,5-6H3/t18-,19-,21-,22-,24+,25-,26-,27-,28-,29+/m0/s1. The number of aliphatic hydroxyl groups is 1. The normalized spacial score (nSPS) is 49.4. The Hall–Kier alpha value is -1.41. The first-order valence-electron chi connectivity index (χ1n) is 13.6. The van der Waals surface area contributed by atoms with Gasteiger partial charge in [-0.2, -0.15) is 0 Å². The highest BCUT2D eigenvalue weighted by molar-refractivity contribution is 5.92. The fourth-order valence-corrected chi connectivity index (χ4v) is 8.39. The van der Waals surface area contributed by atoms with Crippen molar-refractivity contribution >= 4 is 5.78 Å². The van der Waals surface area contributed by atoms with Crippen molar-refractivity contribution in [1.82, 2.24) is 5.32 Å². The van der Waals surface area contributed by atoms with E-state index in [-0.39, 0.29) is 37.1 Å². The van der Waals surface area contributed by atoms with Gasteiger partial charge in [0, 0.05) is 22.8 Å². The lowest BCUT2D eigenvalue weighted by Gasteiger charge is -2.63. The first-order chi connectivity index (χ1) is 16.8. The highest BCUT2D eigenvalue weighted by atomic mass is 19.1. The summed E-state index contributed by atoms with van der Waals surface area (Å²) in [4.78, 5) is 14.0. The van der Waals surface area contributed by atoms with Crippen molar-refractivity contribution in [2.75, 3.05) is 6.54 Å². The number of carbonyl (C=O) groups is 1. The van der Waals surface area contributed by atoms with Crippen LogP contribution in [0.25, 0.3) is 0 Å². The maximum absolute atomic E-state index is 17.5. The van der Waals surface area contributed by atoms with E-state index in [1.807, 2.05) is 27.7 Å². The highest BCUT2D eigenvalue weighted by Crippen LogP contribution is 2.72. The highest BCUT2D eigenvalue weighted by Gasteiger charge is 2.79. The second kappa shape index (κ2) is 8.55. The van der Waals surface area contributed by atoms with Gasteiger partial charge in [-0.3, -0.25) is 4.79 Å². The van der Waals surface area contributed by atoms with Crippen molar-refractivity contribution in [1.29, 1.82) is 0 Å². The molecule has 0 aromatic rings. The summed E-state index contributed by atoms with van der Waals surface area (Å²) in [5, 5.41) is 14.8. The summed E-state index contributed by atoms with van der Waals surface area (Å²) in [5.41, 5.74) is -4.60. The molecule has 4 fully saturated rings. The molecule has 4 aliphatic carbocycles. The molecule has 5 nitrogen and oxygen atoms in total. The van der Waals surface area contributed by atoms with Crippen LogP contribution in [0.15, 0.2) is 36.0 Å². The number of carbonyl (C=O) groups excluding carboxylic acids is 1. The molecule has 0 spiro atoms. The summed E-state index contributed by atoms with van der Waals surface area (Å²) in [6.07, 6.45) is 3.11. The zero-order chi connectivity index (χ0) is 26.3. The molecule has 5 rings (SSSR count). The lowest BCUT2D eigenvalue weighted by molar-refractivity contribution is -0.233. The molecule has 200 valence electrons. The lowest BCUT2D eigenvalue weighted by Crippen LogP contribution is -2.71. The number of aliphatic hydroxyl groups excluding tert-OH is 1. The summed E-state index contributed by atoms with van der Waals surface area (Å²) < 4.78 is 46.1. The molecule has 1 saturated heterocycles. The molecule has 3 saturated carbocycles. The molecule has 7 heteroatoms. The van der Waals surface area contributed by atoms with Crippen LogP contribution < -0.4 is 5.32 Å². The maximum atomic E-state index is 17.5. The van der Waals surface area contributed by atoms with E-state index in [4.69, 9.17) is 9.47 Å². The Bertz CT molecular complexity index is 1010. The van der Waals surface area contributed by atoms with Crippen LogP contribution in [0.2, 0.25) is 0 Å². The van der Waals surface area contributed by atoms with Crippen molar-refractivity contribution in [3.63, 3.8) is 0 Å². The summed E-state index contributed by atoms with van der Waals surface area (Å²) in [6, 6.07) is 0.0987. The SMILES string of the molecule is C=C1C=C[C@@]2(C)C(=C1)[C@@H](F)C[C@H]1[C@@H]3C[C@H]4O[C@H](CCC)O[C@@]4(C(=O)CNC(C)C)[C@@]3(C)C[C@H](O)[C@@]12F. The second-order valence-corrected chi connectivity index (χ2v) is 12.4. The molecule has 2 N–H and O–H groups in total. The van der Waals surface area contributed by atoms with Crippen molar-refractivity contribution < 1.29 is 28.2 Å². The predicted molar refractivity (Wildman–Crippen MR) is 134 cm³/mol. The minimum Gasteiger partial charge on any atom is -0.390 e. The summed E-state index contributed by atoms with van der Waals surface area (Å²) in [7, 11) is 0. The molecule has 1 heterocycles. The fourth-order valence-electron chi connectivity index (χ4n) is 8.39. The molecule has 0 unspecified atom stereocenters. The predicted octanol–water partition coefficient (Wildman–Crippen LogP) is 4.75. The van der Waals surface area contributed by atoms with Gasteiger partial charge in [0.15, 0.2) is 23.3 Å². The third-order valence-corrected chi connectivity index (χ3v) is 10.1. The number of halogens is 2. The van der Waals surface area contributed by atoms with Crippen LogP contribution in [0.1, 0.15) is 66.7 Å². The molecular weight excluding hydrogens is 464 g/mol. The van der Waals surface area contributed by atoms with E-state index in [0.717, 1.165) is 6.42 Å². The molecule has 1 aliphatic heterocycles. The first kappa shape index (κ1) is 26.2. The van der Waals surface area contributed by atoms with Gasteiger partial charge >= 0.3 is 0 Å². The van der Waals surface area contributed by atoms with E-state index in [0.29, 0.717) is 24.0 Å². The van der Waals surface area contributed by atoms with Gasteiger partial charge in [-0.25, -0.2) is 8.78 Å². The fraction of sp³-hybridized carbons (Fsp3) is 0.759. The van der Waals surface area contributed by atoms with Gasteiger partial charge in [0.25, 0.3) is 0 Å². The van der Waals surface area contributed by atoms with Gasteiger partial charge in [0.2, 0.25) is 0 Å². The number of ether oxygens (including phenoxy) is 2. The van der Waals surface area contributed by atoms with Gasteiger partial charge in [0.05, 0.1) is 18.8 Å². The Labute approximate surface area is 213 Å². The van der Waals surface area contributed by atoms with Crippen LogP contribution in [0, 0.1) is 22.7 Å². The number of ketones is 1. The topological polar surface area (TPSA) is 67.8 Å². The average molecular weight is 506 g/mol. The van der Waals surface area contributed by atoms with Crippen LogP contribution in [-0.4, -0.2) is 59.4 Å². The Morgan fingerprint density at radius 2 is 2.03 bits per heavy atom. The summed E-state index contributed by atoms with van der Waals surface area (Å²) in [6.45, 7) is 13.6. The van der Waals surface area contributed by atoms with Crippen LogP contribution in [-0.2, 0) is 14.3 Å². The molecule has 36 heavy (non-hydrogen) atoms. The summed E-state index contributed by atoms with van der Waals surface area (Å²) in [5.74, 6) is -1.29. The molecule has 5 aliphatic rings. The molecule has 10 atom stereocenters. The Balaban J connectivity index is 1.59. The average Bonchev–Trinajstić information content (AvgIpc) is 3.28. The van der Waals surface area contributed by atoms with Crippen LogP contribution in [0.5, 0.6) is 0 Å². The second-order valence-electron chi connectivity index (χ2n) is 12.4. The van der Waals surface area contributed by atoms with E-state index in [1.165, 1.54) is 0 Å². The third kappa shape index (κ3) is 3.21. The van der Waals surface area contributed by atoms with Crippen LogP contribution in [0.4, 0.5) is 8.78 Å². The molecule has 0 radical (unpaired) electrons. The van der Waals surface area contributed by atoms with Crippen molar-refractivity contribution in [2.45, 2.75) is 109 Å². The Kier molecular flexibility index (Phi) is 6.23. The molecular formula is C29H41F2NO4. The number of allylic oxidation sites excluding steroid dienone is 5. The van der Waals surface area contributed by atoms with Crippen molar-refractivity contribution in [3.8, 4) is 0 Å². The molecule has 0 aromatic heterocycles. The monoisotopic (exact) mass is 505 g/mol. The lowest BCUT2D eigenvalue weighted by atomic mass is 9.44. The van der Waals surface area contributed by atoms with E-state index >= 15 is 8.78 Å². The van der Waals surface area contributed by atoms with Crippen molar-refractivity contribution in [3.05, 3.63) is 36.0 Å². The van der Waals surface area contributed by atoms with Gasteiger partial charge in [0.1, 0.15) is 6.17 Å². The maximum Gasteiger partial charge on any atom is 0.181 e. The number of fused-ring (bicyclic) bond motifs is 7. The zero-order valence-electron chi connectivity index (χ0n) is 22.2. The van der Waals surface area contributed by atoms with E-state index in [2.05, 4.69) is 11.9 Å². The minimum atomic E-state index is -2.08. The number of hydrogen-bond acceptors (Lipinski definition) is 5. The van der Waals surface area contributed by atoms with E-state index < -0.39 is 52.7 Å². The smallest absolute Gasteiger partial charge is 0.181 e. The first-order valence-corrected chi connectivity index (χ1v) is 13.6. The van der Waals surface area contributed by atoms with E-state index in [9.17, 15) is 9.90 Å². The molecule has 0 bridgehead atoms. The number of alkyl halides is 2. The van der Waals surface area contributed by atoms with Gasteiger partial charge in [-0.15, -0.1) is 0 Å².